The van der Waals surface area contributed by atoms with Crippen molar-refractivity contribution in [3.63, 3.8) is 0 Å². The monoisotopic (exact) mass is 441 g/mol. The lowest BCUT2D eigenvalue weighted by Crippen LogP contribution is -2.29. The molecule has 0 bridgehead atoms. The molecule has 0 aliphatic carbocycles. The molecule has 0 radical (unpaired) electrons. The number of carbonyl (C=O) groups excluding carboxylic acids is 3. The van der Waals surface area contributed by atoms with E-state index in [0.717, 1.165) is 5.56 Å². The minimum absolute atomic E-state index is 0.0115. The first-order valence-electron chi connectivity index (χ1n) is 9.82. The van der Waals surface area contributed by atoms with Gasteiger partial charge in [0.2, 0.25) is 5.91 Å². The van der Waals surface area contributed by atoms with E-state index in [4.69, 9.17) is 14.2 Å². The summed E-state index contributed by atoms with van der Waals surface area (Å²) in [5.41, 5.74) is 1.44. The van der Waals surface area contributed by atoms with E-state index in [2.05, 4.69) is 0 Å². The first-order valence-corrected chi connectivity index (χ1v) is 10.8. The van der Waals surface area contributed by atoms with Crippen LogP contribution >= 0.6 is 11.8 Å². The summed E-state index contributed by atoms with van der Waals surface area (Å²) in [6.07, 6.45) is 1.29. The molecule has 1 aliphatic rings. The van der Waals surface area contributed by atoms with Crippen molar-refractivity contribution in [1.82, 2.24) is 4.90 Å². The Balaban J connectivity index is 1.47. The summed E-state index contributed by atoms with van der Waals surface area (Å²) in [6, 6.07) is 16.5. The first kappa shape index (κ1) is 22.4. The molecule has 0 unspecified atom stereocenters. The van der Waals surface area contributed by atoms with Gasteiger partial charge in [-0.2, -0.15) is 0 Å². The van der Waals surface area contributed by atoms with Crippen molar-refractivity contribution in [2.24, 2.45) is 0 Å². The molecule has 0 atom stereocenters. The van der Waals surface area contributed by atoms with Crippen molar-refractivity contribution in [2.45, 2.75) is 13.5 Å². The van der Waals surface area contributed by atoms with Gasteiger partial charge < -0.3 is 19.1 Å². The normalized spacial score (nSPS) is 14.5. The number of hydrogen-bond acceptors (Lipinski definition) is 7. The lowest BCUT2D eigenvalue weighted by atomic mass is 10.2. The van der Waals surface area contributed by atoms with Crippen LogP contribution in [0.4, 0.5) is 0 Å². The number of amides is 1. The van der Waals surface area contributed by atoms with E-state index in [-0.39, 0.29) is 31.4 Å². The van der Waals surface area contributed by atoms with Crippen LogP contribution < -0.4 is 4.74 Å². The van der Waals surface area contributed by atoms with E-state index in [0.29, 0.717) is 22.9 Å². The molecule has 1 fully saturated rings. The highest BCUT2D eigenvalue weighted by Gasteiger charge is 2.27. The summed E-state index contributed by atoms with van der Waals surface area (Å²) in [5.74, 6) is -0.254. The van der Waals surface area contributed by atoms with E-state index < -0.39 is 11.9 Å². The average molecular weight is 442 g/mol. The highest BCUT2D eigenvalue weighted by atomic mass is 32.2. The summed E-state index contributed by atoms with van der Waals surface area (Å²) in [6.45, 7) is 2.59. The molecule has 31 heavy (non-hydrogen) atoms. The van der Waals surface area contributed by atoms with E-state index in [9.17, 15) is 14.4 Å². The van der Waals surface area contributed by atoms with Crippen molar-refractivity contribution in [3.05, 3.63) is 76.8 Å². The third-order valence-electron chi connectivity index (χ3n) is 4.32. The molecule has 8 heteroatoms. The zero-order chi connectivity index (χ0) is 22.1. The molecule has 162 valence electrons. The Bertz CT molecular complexity index is 942. The maximum atomic E-state index is 12.3. The minimum Gasteiger partial charge on any atom is -0.489 e. The van der Waals surface area contributed by atoms with Crippen LogP contribution in [-0.2, 0) is 25.7 Å². The van der Waals surface area contributed by atoms with Crippen LogP contribution in [0.5, 0.6) is 5.75 Å². The number of nitrogens with zero attached hydrogens (tertiary/aromatic N) is 1. The van der Waals surface area contributed by atoms with Crippen LogP contribution in [-0.4, -0.2) is 48.3 Å². The van der Waals surface area contributed by atoms with E-state index in [1.54, 1.807) is 31.2 Å². The molecule has 2 aromatic carbocycles. The number of esters is 2. The zero-order valence-electron chi connectivity index (χ0n) is 17.1. The van der Waals surface area contributed by atoms with Crippen molar-refractivity contribution < 1.29 is 28.6 Å². The average Bonchev–Trinajstić information content (AvgIpc) is 3.12. The van der Waals surface area contributed by atoms with Gasteiger partial charge in [0.25, 0.3) is 0 Å². The van der Waals surface area contributed by atoms with Gasteiger partial charge in [-0.1, -0.05) is 42.1 Å². The van der Waals surface area contributed by atoms with Gasteiger partial charge in [0.1, 0.15) is 19.0 Å². The minimum atomic E-state index is -0.503. The molecule has 1 saturated heterocycles. The number of ether oxygens (including phenoxy) is 3. The lowest BCUT2D eigenvalue weighted by Gasteiger charge is -2.16. The second-order valence-electron chi connectivity index (χ2n) is 6.50. The molecule has 0 saturated carbocycles. The molecule has 0 N–H and O–H groups in total. The molecular weight excluding hydrogens is 418 g/mol. The van der Waals surface area contributed by atoms with Crippen molar-refractivity contribution >= 4 is 29.6 Å². The maximum Gasteiger partial charge on any atom is 0.338 e. The van der Waals surface area contributed by atoms with Crippen molar-refractivity contribution in [1.29, 1.82) is 0 Å². The van der Waals surface area contributed by atoms with Gasteiger partial charge in [0, 0.05) is 0 Å². The van der Waals surface area contributed by atoms with E-state index in [1.807, 2.05) is 30.3 Å². The summed E-state index contributed by atoms with van der Waals surface area (Å²) in [7, 11) is 0. The van der Waals surface area contributed by atoms with E-state index >= 15 is 0 Å². The smallest absolute Gasteiger partial charge is 0.338 e. The highest BCUT2D eigenvalue weighted by molar-refractivity contribution is 8.04. The number of rotatable bonds is 9. The summed E-state index contributed by atoms with van der Waals surface area (Å²) in [5, 5.41) is 0.499. The SMILES string of the molecule is CCOC(=O)C=C1SCC(=O)N1CCOC(=O)c1ccc(OCc2ccccc2)cc1. The second-order valence-corrected chi connectivity index (χ2v) is 7.50. The van der Waals surface area contributed by atoms with Gasteiger partial charge in [-0.25, -0.2) is 9.59 Å². The van der Waals surface area contributed by atoms with Crippen molar-refractivity contribution in [2.75, 3.05) is 25.5 Å². The molecule has 2 aromatic rings. The molecule has 3 rings (SSSR count). The Kier molecular flexibility index (Phi) is 8.12. The largest absolute Gasteiger partial charge is 0.489 e. The van der Waals surface area contributed by atoms with Crippen LogP contribution in [0.3, 0.4) is 0 Å². The van der Waals surface area contributed by atoms with Crippen molar-refractivity contribution in [3.8, 4) is 5.75 Å². The Morgan fingerprint density at radius 2 is 1.81 bits per heavy atom. The van der Waals surface area contributed by atoms with Gasteiger partial charge in [0.05, 0.1) is 35.6 Å². The van der Waals surface area contributed by atoms with Gasteiger partial charge >= 0.3 is 11.9 Å². The maximum absolute atomic E-state index is 12.3. The van der Waals surface area contributed by atoms with Crippen LogP contribution in [0.1, 0.15) is 22.8 Å². The van der Waals surface area contributed by atoms with E-state index in [1.165, 1.54) is 22.7 Å². The molecule has 1 heterocycles. The molecule has 7 nitrogen and oxygen atoms in total. The lowest BCUT2D eigenvalue weighted by molar-refractivity contribution is -0.137. The molecule has 0 aromatic heterocycles. The predicted octanol–water partition coefficient (Wildman–Crippen LogP) is 3.40. The number of thioether (sulfide) groups is 1. The molecule has 1 aliphatic heterocycles. The van der Waals surface area contributed by atoms with Gasteiger partial charge in [0.15, 0.2) is 0 Å². The third-order valence-corrected chi connectivity index (χ3v) is 5.35. The quantitative estimate of drug-likeness (QED) is 0.436. The van der Waals surface area contributed by atoms with Crippen LogP contribution in [0.2, 0.25) is 0 Å². The fraction of sp³-hybridized carbons (Fsp3) is 0.261. The zero-order valence-corrected chi connectivity index (χ0v) is 17.9. The number of hydrogen-bond donors (Lipinski definition) is 0. The standard InChI is InChI=1S/C23H23NO6S/c1-2-28-22(26)14-21-24(20(25)16-31-21)12-13-29-23(27)18-8-10-19(11-9-18)30-15-17-6-4-3-5-7-17/h3-11,14H,2,12-13,15-16H2,1H3. The Morgan fingerprint density at radius 1 is 1.06 bits per heavy atom. The molecular formula is C23H23NO6S. The Morgan fingerprint density at radius 3 is 2.52 bits per heavy atom. The summed E-state index contributed by atoms with van der Waals surface area (Å²) in [4.78, 5) is 37.4. The predicted molar refractivity (Wildman–Crippen MR) is 116 cm³/mol. The summed E-state index contributed by atoms with van der Waals surface area (Å²) >= 11 is 1.25. The van der Waals surface area contributed by atoms with Crippen LogP contribution in [0.25, 0.3) is 0 Å². The van der Waals surface area contributed by atoms with Gasteiger partial charge in [-0.15, -0.1) is 0 Å². The first-order chi connectivity index (χ1) is 15.1. The fourth-order valence-corrected chi connectivity index (χ4v) is 3.75. The topological polar surface area (TPSA) is 82.1 Å². The molecule has 1 amide bonds. The second kappa shape index (κ2) is 11.2. The van der Waals surface area contributed by atoms with Gasteiger partial charge in [-0.3, -0.25) is 4.79 Å². The number of carbonyl (C=O) groups is 3. The Hall–Kier alpha value is -3.26. The van der Waals surface area contributed by atoms with Gasteiger partial charge in [-0.05, 0) is 36.8 Å². The van der Waals surface area contributed by atoms with Crippen LogP contribution in [0, 0.1) is 0 Å². The molecule has 0 spiro atoms. The Labute approximate surface area is 185 Å². The highest BCUT2D eigenvalue weighted by Crippen LogP contribution is 2.28. The summed E-state index contributed by atoms with van der Waals surface area (Å²) < 4.78 is 15.9. The fourth-order valence-electron chi connectivity index (χ4n) is 2.79. The third kappa shape index (κ3) is 6.62. The number of benzene rings is 2. The van der Waals surface area contributed by atoms with Crippen LogP contribution in [0.15, 0.2) is 65.7 Å².